The van der Waals surface area contributed by atoms with Crippen molar-refractivity contribution in [3.63, 3.8) is 0 Å². The number of carbonyl (C=O) groups is 2. The van der Waals surface area contributed by atoms with Gasteiger partial charge in [-0.1, -0.05) is 60.7 Å². The molecule has 1 heterocycles. The summed E-state index contributed by atoms with van der Waals surface area (Å²) in [4.78, 5) is 24.1. The molecule has 31 heavy (non-hydrogen) atoms. The zero-order chi connectivity index (χ0) is 21.8. The van der Waals surface area contributed by atoms with Crippen molar-refractivity contribution in [2.24, 2.45) is 11.7 Å². The first-order valence-electron chi connectivity index (χ1n) is 10.5. The van der Waals surface area contributed by atoms with Crippen molar-refractivity contribution < 1.29 is 9.59 Å². The quantitative estimate of drug-likeness (QED) is 0.604. The predicted octanol–water partition coefficient (Wildman–Crippen LogP) is 4.31. The van der Waals surface area contributed by atoms with Crippen LogP contribution in [-0.4, -0.2) is 22.0 Å². The van der Waals surface area contributed by atoms with Crippen LogP contribution >= 0.6 is 11.3 Å². The monoisotopic (exact) mass is 434 g/mol. The van der Waals surface area contributed by atoms with Gasteiger partial charge in [-0.15, -0.1) is 10.2 Å². The van der Waals surface area contributed by atoms with E-state index in [1.54, 1.807) is 0 Å². The fourth-order valence-electron chi connectivity index (χ4n) is 4.17. The average molecular weight is 435 g/mol. The Labute approximate surface area is 185 Å². The summed E-state index contributed by atoms with van der Waals surface area (Å²) in [6, 6.07) is 17.8. The molecule has 1 aliphatic rings. The van der Waals surface area contributed by atoms with Crippen LogP contribution in [0.3, 0.4) is 0 Å². The van der Waals surface area contributed by atoms with Crippen molar-refractivity contribution in [3.05, 3.63) is 76.3 Å². The molecule has 3 aromatic rings. The first kappa shape index (κ1) is 21.2. The highest BCUT2D eigenvalue weighted by Crippen LogP contribution is 2.41. The van der Waals surface area contributed by atoms with E-state index in [1.165, 1.54) is 16.9 Å². The fourth-order valence-corrected chi connectivity index (χ4v) is 4.94. The van der Waals surface area contributed by atoms with Crippen LogP contribution < -0.4 is 11.1 Å². The predicted molar refractivity (Wildman–Crippen MR) is 122 cm³/mol. The van der Waals surface area contributed by atoms with Crippen molar-refractivity contribution in [1.82, 2.24) is 10.2 Å². The van der Waals surface area contributed by atoms with Gasteiger partial charge in [0.1, 0.15) is 5.01 Å². The summed E-state index contributed by atoms with van der Waals surface area (Å²) < 4.78 is 0. The third-order valence-corrected chi connectivity index (χ3v) is 7.06. The van der Waals surface area contributed by atoms with Gasteiger partial charge in [-0.05, 0) is 54.4 Å². The first-order valence-corrected chi connectivity index (χ1v) is 11.3. The number of benzene rings is 2. The highest BCUT2D eigenvalue weighted by Gasteiger charge is 2.34. The summed E-state index contributed by atoms with van der Waals surface area (Å²) >= 11 is 1.39. The number of hydrogen-bond donors (Lipinski definition) is 2. The zero-order valence-corrected chi connectivity index (χ0v) is 18.3. The topological polar surface area (TPSA) is 98.0 Å². The molecular formula is C24H26N4O2S. The smallest absolute Gasteiger partial charge is 0.257 e. The van der Waals surface area contributed by atoms with E-state index in [4.69, 9.17) is 5.73 Å². The maximum atomic E-state index is 12.6. The van der Waals surface area contributed by atoms with Crippen molar-refractivity contribution in [2.45, 2.75) is 44.4 Å². The van der Waals surface area contributed by atoms with Gasteiger partial charge in [-0.3, -0.25) is 14.9 Å². The number of nitrogens with two attached hydrogens (primary N) is 1. The van der Waals surface area contributed by atoms with Gasteiger partial charge in [-0.25, -0.2) is 0 Å². The Morgan fingerprint density at radius 3 is 2.39 bits per heavy atom. The van der Waals surface area contributed by atoms with Crippen LogP contribution in [0, 0.1) is 5.92 Å². The van der Waals surface area contributed by atoms with E-state index in [2.05, 4.69) is 22.4 Å². The van der Waals surface area contributed by atoms with E-state index in [-0.39, 0.29) is 23.1 Å². The van der Waals surface area contributed by atoms with Crippen LogP contribution in [0.15, 0.2) is 54.6 Å². The maximum Gasteiger partial charge on any atom is 0.257 e. The molecule has 1 aliphatic carbocycles. The lowest BCUT2D eigenvalue weighted by Gasteiger charge is -2.37. The highest BCUT2D eigenvalue weighted by molar-refractivity contribution is 7.15. The summed E-state index contributed by atoms with van der Waals surface area (Å²) in [5.41, 5.74) is 8.39. The molecule has 7 heteroatoms. The molecule has 1 fully saturated rings. The molecule has 1 aromatic heterocycles. The Kier molecular flexibility index (Phi) is 6.13. The van der Waals surface area contributed by atoms with Crippen molar-refractivity contribution in [3.8, 4) is 0 Å². The molecule has 0 radical (unpaired) electrons. The largest absolute Gasteiger partial charge is 0.369 e. The van der Waals surface area contributed by atoms with Gasteiger partial charge in [0.15, 0.2) is 0 Å². The third kappa shape index (κ3) is 4.99. The summed E-state index contributed by atoms with van der Waals surface area (Å²) in [6.07, 6.45) is 4.16. The van der Waals surface area contributed by atoms with Gasteiger partial charge in [0, 0.05) is 17.9 Å². The summed E-state index contributed by atoms with van der Waals surface area (Å²) in [5, 5.41) is 12.5. The number of aromatic nitrogens is 2. The molecule has 1 saturated carbocycles. The van der Waals surface area contributed by atoms with Gasteiger partial charge >= 0.3 is 0 Å². The van der Waals surface area contributed by atoms with Crippen LogP contribution in [0.5, 0.6) is 0 Å². The molecule has 160 valence electrons. The van der Waals surface area contributed by atoms with Crippen LogP contribution in [0.1, 0.15) is 59.1 Å². The third-order valence-electron chi connectivity index (χ3n) is 6.22. The second kappa shape index (κ2) is 8.98. The first-order chi connectivity index (χ1) is 14.9. The van der Waals surface area contributed by atoms with Gasteiger partial charge in [0.05, 0.1) is 0 Å². The van der Waals surface area contributed by atoms with Crippen molar-refractivity contribution in [1.29, 1.82) is 0 Å². The lowest BCUT2D eigenvalue weighted by atomic mass is 9.68. The molecule has 0 aliphatic heterocycles. The Morgan fingerprint density at radius 1 is 1.06 bits per heavy atom. The maximum absolute atomic E-state index is 12.6. The summed E-state index contributed by atoms with van der Waals surface area (Å²) in [5.74, 6) is -0.411. The Bertz CT molecular complexity index is 1050. The molecule has 0 bridgehead atoms. The van der Waals surface area contributed by atoms with E-state index in [0.717, 1.165) is 36.3 Å². The second-order valence-electron chi connectivity index (χ2n) is 8.43. The normalized spacial score (nSPS) is 20.9. The number of rotatable bonds is 6. The molecular weight excluding hydrogens is 408 g/mol. The van der Waals surface area contributed by atoms with E-state index >= 15 is 0 Å². The molecule has 4 rings (SSSR count). The average Bonchev–Trinajstić information content (AvgIpc) is 3.21. The molecule has 0 saturated heterocycles. The molecule has 3 N–H and O–H groups in total. The van der Waals surface area contributed by atoms with Crippen LogP contribution in [0.4, 0.5) is 5.13 Å². The van der Waals surface area contributed by atoms with Crippen molar-refractivity contribution in [2.75, 3.05) is 5.32 Å². The number of hydrogen-bond acceptors (Lipinski definition) is 5. The molecule has 0 spiro atoms. The van der Waals surface area contributed by atoms with E-state index in [9.17, 15) is 9.59 Å². The Balaban J connectivity index is 1.37. The van der Waals surface area contributed by atoms with Gasteiger partial charge in [-0.2, -0.15) is 0 Å². The minimum Gasteiger partial charge on any atom is -0.369 e. The van der Waals surface area contributed by atoms with E-state index < -0.39 is 0 Å². The number of primary amides is 1. The lowest BCUT2D eigenvalue weighted by molar-refractivity contribution is -0.123. The zero-order valence-electron chi connectivity index (χ0n) is 17.5. The van der Waals surface area contributed by atoms with Crippen LogP contribution in [-0.2, 0) is 16.6 Å². The molecule has 2 aromatic carbocycles. The number of amides is 2. The second-order valence-corrected chi connectivity index (χ2v) is 9.49. The van der Waals surface area contributed by atoms with Crippen molar-refractivity contribution >= 4 is 28.3 Å². The van der Waals surface area contributed by atoms with Crippen LogP contribution in [0.2, 0.25) is 0 Å². The Hall–Kier alpha value is -3.06. The number of carbonyl (C=O) groups excluding carboxylic acids is 2. The SMILES string of the molecule is C[C@]1(c2ccc(C(=O)Nc3nnc(Cc4ccccc4)s3)cc2)CC[C@H](C(N)=O)CC1. The summed E-state index contributed by atoms with van der Waals surface area (Å²) in [6.45, 7) is 2.22. The number of anilines is 1. The molecule has 0 atom stereocenters. The van der Waals surface area contributed by atoms with Gasteiger partial charge in [0.25, 0.3) is 5.91 Å². The number of nitrogens with one attached hydrogen (secondary N) is 1. The minimum absolute atomic E-state index is 0.00647. The van der Waals surface area contributed by atoms with Crippen LogP contribution in [0.25, 0.3) is 0 Å². The number of nitrogens with zero attached hydrogens (tertiary/aromatic N) is 2. The van der Waals surface area contributed by atoms with E-state index in [0.29, 0.717) is 17.1 Å². The fraction of sp³-hybridized carbons (Fsp3) is 0.333. The molecule has 2 amide bonds. The standard InChI is InChI=1S/C24H26N4O2S/c1-24(13-11-17(12-14-24)21(25)29)19-9-7-18(8-10-19)22(30)26-23-28-27-20(31-23)15-16-5-3-2-4-6-16/h2-10,17H,11-15H2,1H3,(H2,25,29)(H,26,28,30)/t17-,24-. The molecule has 0 unspecified atom stereocenters. The summed E-state index contributed by atoms with van der Waals surface area (Å²) in [7, 11) is 0. The molecule has 6 nitrogen and oxygen atoms in total. The Morgan fingerprint density at radius 2 is 1.74 bits per heavy atom. The van der Waals surface area contributed by atoms with Gasteiger partial charge < -0.3 is 5.73 Å². The minimum atomic E-state index is -0.198. The van der Waals surface area contributed by atoms with Gasteiger partial charge in [0.2, 0.25) is 11.0 Å². The lowest BCUT2D eigenvalue weighted by Crippen LogP contribution is -2.34. The highest BCUT2D eigenvalue weighted by atomic mass is 32.1. The van der Waals surface area contributed by atoms with E-state index in [1.807, 2.05) is 54.6 Å².